The summed E-state index contributed by atoms with van der Waals surface area (Å²) in [7, 11) is 0. The van der Waals surface area contributed by atoms with E-state index < -0.39 is 6.10 Å². The summed E-state index contributed by atoms with van der Waals surface area (Å²) in [5.74, 6) is -0.971. The Balaban J connectivity index is 4.53. The van der Waals surface area contributed by atoms with Gasteiger partial charge in [0.15, 0.2) is 6.10 Å². The van der Waals surface area contributed by atoms with Gasteiger partial charge in [0.25, 0.3) is 0 Å². The maximum absolute atomic E-state index is 12.9. The molecule has 0 aliphatic carbocycles. The molecule has 0 N–H and O–H groups in total. The number of hydrogen-bond donors (Lipinski definition) is 0. The highest BCUT2D eigenvalue weighted by atomic mass is 16.6. The van der Waals surface area contributed by atoms with Crippen molar-refractivity contribution in [2.45, 2.75) is 284 Å². The summed E-state index contributed by atoms with van der Waals surface area (Å²) in [4.78, 5) is 38.3. The van der Waals surface area contributed by atoms with Crippen LogP contribution in [0.5, 0.6) is 0 Å². The maximum Gasteiger partial charge on any atom is 0.306 e. The first-order chi connectivity index (χ1) is 37.0. The second kappa shape index (κ2) is 62.4. The number of esters is 3. The SMILES string of the molecule is CCCCC/C=C\C/C=C\C/C=C\C/C=C\CCCCCC(=O)OC[C@@H](COC(=O)CCCCCCCCCCC/C=C\C/C=C\CCCCC)OC(=O)CCCCC/C=C\C/C=C\C/C=C\C/C=C\CCCCC. The fraction of sp³-hybridized carbons (Fsp3) is 0.667. The van der Waals surface area contributed by atoms with Crippen molar-refractivity contribution in [1.29, 1.82) is 0 Å². The van der Waals surface area contributed by atoms with Crippen LogP contribution in [0.1, 0.15) is 278 Å². The molecular formula is C69H114O6. The molecule has 0 aliphatic rings. The van der Waals surface area contributed by atoms with E-state index >= 15 is 0 Å². The van der Waals surface area contributed by atoms with Crippen LogP contribution in [0.4, 0.5) is 0 Å². The van der Waals surface area contributed by atoms with E-state index in [9.17, 15) is 14.4 Å². The van der Waals surface area contributed by atoms with E-state index in [0.717, 1.165) is 116 Å². The Kier molecular flexibility index (Phi) is 58.9. The zero-order chi connectivity index (χ0) is 54.3. The summed E-state index contributed by atoms with van der Waals surface area (Å²) in [5, 5.41) is 0. The third kappa shape index (κ3) is 60.6. The van der Waals surface area contributed by atoms with Gasteiger partial charge in [0, 0.05) is 19.3 Å². The fourth-order valence-electron chi connectivity index (χ4n) is 8.20. The minimum atomic E-state index is -0.815. The molecule has 426 valence electrons. The highest BCUT2D eigenvalue weighted by molar-refractivity contribution is 5.71. The van der Waals surface area contributed by atoms with Crippen molar-refractivity contribution >= 4 is 17.9 Å². The molecule has 6 nitrogen and oxygen atoms in total. The standard InChI is InChI=1S/C69H114O6/c1-4-7-10-13-16-19-22-25-28-31-34-37-40-43-46-49-52-55-58-61-67(70)73-64-66(75-69(72)63-60-57-54-51-48-45-42-39-36-33-30-27-24-21-18-15-12-9-6-3)65-74-68(71)62-59-56-53-50-47-44-41-38-35-32-29-26-23-20-17-14-11-8-5-2/h16-21,25-30,34,36-37,39,43,45-46,48,66H,4-15,22-24,31-33,35,38,40-42,44,47,49-65H2,1-3H3/b19-16-,20-17-,21-18-,28-25-,29-26-,30-27-,37-34-,39-36-,46-43-,48-45-/t66-/m0/s1. The minimum absolute atomic E-state index is 0.106. The van der Waals surface area contributed by atoms with Crippen LogP contribution in [0, 0.1) is 0 Å². The summed E-state index contributed by atoms with van der Waals surface area (Å²) >= 11 is 0. The first-order valence-corrected chi connectivity index (χ1v) is 31.0. The lowest BCUT2D eigenvalue weighted by Gasteiger charge is -2.18. The molecule has 0 saturated carbocycles. The van der Waals surface area contributed by atoms with Crippen LogP contribution in [0.2, 0.25) is 0 Å². The second-order valence-corrected chi connectivity index (χ2v) is 20.2. The summed E-state index contributed by atoms with van der Waals surface area (Å²) in [6, 6.07) is 0. The first kappa shape index (κ1) is 70.8. The third-order valence-electron chi connectivity index (χ3n) is 12.9. The quantitative estimate of drug-likeness (QED) is 0.0261. The first-order valence-electron chi connectivity index (χ1n) is 31.0. The van der Waals surface area contributed by atoms with Gasteiger partial charge in [-0.2, -0.15) is 0 Å². The van der Waals surface area contributed by atoms with Gasteiger partial charge in [0.2, 0.25) is 0 Å². The normalized spacial score (nSPS) is 12.9. The second-order valence-electron chi connectivity index (χ2n) is 20.2. The molecule has 0 aromatic rings. The molecule has 0 spiro atoms. The molecule has 0 radical (unpaired) electrons. The lowest BCUT2D eigenvalue weighted by atomic mass is 10.1. The summed E-state index contributed by atoms with van der Waals surface area (Å²) in [6.45, 7) is 6.51. The third-order valence-corrected chi connectivity index (χ3v) is 12.9. The Labute approximate surface area is 462 Å². The molecule has 0 aromatic heterocycles. The zero-order valence-electron chi connectivity index (χ0n) is 48.8. The van der Waals surface area contributed by atoms with Gasteiger partial charge in [-0.15, -0.1) is 0 Å². The van der Waals surface area contributed by atoms with Crippen LogP contribution >= 0.6 is 0 Å². The van der Waals surface area contributed by atoms with Gasteiger partial charge in [0.1, 0.15) is 13.2 Å². The Morgan fingerprint density at radius 3 is 0.760 bits per heavy atom. The van der Waals surface area contributed by atoms with E-state index in [-0.39, 0.29) is 37.5 Å². The molecule has 1 atom stereocenters. The van der Waals surface area contributed by atoms with E-state index in [1.807, 2.05) is 0 Å². The van der Waals surface area contributed by atoms with Gasteiger partial charge in [-0.3, -0.25) is 14.4 Å². The van der Waals surface area contributed by atoms with E-state index in [2.05, 4.69) is 142 Å². The van der Waals surface area contributed by atoms with E-state index in [1.54, 1.807) is 0 Å². The topological polar surface area (TPSA) is 78.9 Å². The molecular weight excluding hydrogens is 925 g/mol. The molecule has 0 unspecified atom stereocenters. The highest BCUT2D eigenvalue weighted by Crippen LogP contribution is 2.14. The molecule has 0 amide bonds. The van der Waals surface area contributed by atoms with E-state index in [1.165, 1.54) is 122 Å². The Hall–Kier alpha value is -4.19. The van der Waals surface area contributed by atoms with Crippen molar-refractivity contribution in [3.05, 3.63) is 122 Å². The zero-order valence-corrected chi connectivity index (χ0v) is 48.8. The summed E-state index contributed by atoms with van der Waals surface area (Å²) < 4.78 is 16.9. The number of allylic oxidation sites excluding steroid dienone is 20. The Morgan fingerprint density at radius 2 is 0.480 bits per heavy atom. The number of rotatable bonds is 55. The largest absolute Gasteiger partial charge is 0.462 e. The van der Waals surface area contributed by atoms with Crippen molar-refractivity contribution < 1.29 is 28.6 Å². The number of carbonyl (C=O) groups excluding carboxylic acids is 3. The lowest BCUT2D eigenvalue weighted by molar-refractivity contribution is -0.167. The van der Waals surface area contributed by atoms with Gasteiger partial charge in [-0.1, -0.05) is 239 Å². The molecule has 0 saturated heterocycles. The van der Waals surface area contributed by atoms with Crippen LogP contribution < -0.4 is 0 Å². The predicted molar refractivity (Wildman–Crippen MR) is 325 cm³/mol. The Bertz CT molecular complexity index is 1570. The molecule has 0 bridgehead atoms. The van der Waals surface area contributed by atoms with Gasteiger partial charge in [-0.05, 0) is 141 Å². The van der Waals surface area contributed by atoms with Crippen LogP contribution in [0.15, 0.2) is 122 Å². The maximum atomic E-state index is 12.9. The van der Waals surface area contributed by atoms with Gasteiger partial charge >= 0.3 is 17.9 Å². The van der Waals surface area contributed by atoms with E-state index in [0.29, 0.717) is 12.8 Å². The van der Waals surface area contributed by atoms with Crippen molar-refractivity contribution in [1.82, 2.24) is 0 Å². The smallest absolute Gasteiger partial charge is 0.306 e. The molecule has 0 aromatic carbocycles. The number of hydrogen-bond acceptors (Lipinski definition) is 6. The van der Waals surface area contributed by atoms with Gasteiger partial charge in [-0.25, -0.2) is 0 Å². The average Bonchev–Trinajstić information content (AvgIpc) is 3.41. The van der Waals surface area contributed by atoms with Crippen LogP contribution in [-0.2, 0) is 28.6 Å². The van der Waals surface area contributed by atoms with Crippen molar-refractivity contribution in [3.8, 4) is 0 Å². The predicted octanol–water partition coefficient (Wildman–Crippen LogP) is 21.2. The van der Waals surface area contributed by atoms with Crippen LogP contribution in [-0.4, -0.2) is 37.2 Å². The fourth-order valence-corrected chi connectivity index (χ4v) is 8.20. The molecule has 0 aliphatic heterocycles. The van der Waals surface area contributed by atoms with E-state index in [4.69, 9.17) is 14.2 Å². The van der Waals surface area contributed by atoms with Crippen molar-refractivity contribution in [2.24, 2.45) is 0 Å². The lowest BCUT2D eigenvalue weighted by Crippen LogP contribution is -2.30. The number of ether oxygens (including phenoxy) is 3. The molecule has 0 fully saturated rings. The summed E-state index contributed by atoms with van der Waals surface area (Å²) in [5.41, 5.74) is 0. The summed E-state index contributed by atoms with van der Waals surface area (Å²) in [6.07, 6.45) is 86.1. The monoisotopic (exact) mass is 1040 g/mol. The van der Waals surface area contributed by atoms with Gasteiger partial charge < -0.3 is 14.2 Å². The van der Waals surface area contributed by atoms with Gasteiger partial charge in [0.05, 0.1) is 0 Å². The molecule has 0 rings (SSSR count). The molecule has 75 heavy (non-hydrogen) atoms. The molecule has 6 heteroatoms. The van der Waals surface area contributed by atoms with Crippen LogP contribution in [0.25, 0.3) is 0 Å². The average molecular weight is 1040 g/mol. The number of carbonyl (C=O) groups is 3. The Morgan fingerprint density at radius 1 is 0.267 bits per heavy atom. The molecule has 0 heterocycles. The van der Waals surface area contributed by atoms with Crippen molar-refractivity contribution in [2.75, 3.05) is 13.2 Å². The van der Waals surface area contributed by atoms with Crippen LogP contribution in [0.3, 0.4) is 0 Å². The number of unbranched alkanes of at least 4 members (excludes halogenated alkanes) is 24. The van der Waals surface area contributed by atoms with Crippen molar-refractivity contribution in [3.63, 3.8) is 0 Å². The minimum Gasteiger partial charge on any atom is -0.462 e. The highest BCUT2D eigenvalue weighted by Gasteiger charge is 2.19.